The highest BCUT2D eigenvalue weighted by molar-refractivity contribution is 7.19. The molecule has 0 aromatic carbocycles. The number of likely N-dealkylation sites (tertiary alicyclic amines) is 1. The number of fused-ring (bicyclic) bond motifs is 3. The number of nitrogens with one attached hydrogen (secondary N) is 1. The van der Waals surface area contributed by atoms with Gasteiger partial charge >= 0.3 is 0 Å². The Kier molecular flexibility index (Phi) is 4.89. The second-order valence-electron chi connectivity index (χ2n) is 7.86. The van der Waals surface area contributed by atoms with Crippen molar-refractivity contribution in [3.05, 3.63) is 41.3 Å². The first kappa shape index (κ1) is 18.4. The van der Waals surface area contributed by atoms with Crippen LogP contribution in [0.4, 0.5) is 11.5 Å². The van der Waals surface area contributed by atoms with Gasteiger partial charge in [-0.05, 0) is 57.1 Å². The number of thiophene rings is 1. The van der Waals surface area contributed by atoms with Crippen LogP contribution < -0.4 is 5.32 Å². The standard InChI is InChI=1S/C21H24N6OS/c1-26-8-4-14(5-9-26)21(28)27-10-6-16-17(12-27)29-20-18(16)19(23-13-24-20)25-15-3-2-7-22-11-15/h2-3,7,11,13-14H,4-6,8-10,12H2,1H3,(H,23,24,25). The highest BCUT2D eigenvalue weighted by Crippen LogP contribution is 2.38. The predicted molar refractivity (Wildman–Crippen MR) is 114 cm³/mol. The molecule has 0 spiro atoms. The number of nitrogens with zero attached hydrogens (tertiary/aromatic N) is 5. The van der Waals surface area contributed by atoms with E-state index in [1.54, 1.807) is 30.1 Å². The van der Waals surface area contributed by atoms with Crippen LogP contribution in [0.15, 0.2) is 30.9 Å². The van der Waals surface area contributed by atoms with Gasteiger partial charge in [-0.2, -0.15) is 0 Å². The third-order valence-corrected chi connectivity index (χ3v) is 7.07. The Labute approximate surface area is 173 Å². The van der Waals surface area contributed by atoms with Gasteiger partial charge in [0.15, 0.2) is 0 Å². The maximum atomic E-state index is 13.1. The van der Waals surface area contributed by atoms with Crippen molar-refractivity contribution < 1.29 is 4.79 Å². The van der Waals surface area contributed by atoms with Gasteiger partial charge in [0.05, 0.1) is 23.8 Å². The molecule has 0 radical (unpaired) electrons. The van der Waals surface area contributed by atoms with E-state index in [-0.39, 0.29) is 5.92 Å². The van der Waals surface area contributed by atoms with Gasteiger partial charge in [-0.15, -0.1) is 11.3 Å². The Hall–Kier alpha value is -2.58. The number of anilines is 2. The molecule has 2 aliphatic rings. The van der Waals surface area contributed by atoms with E-state index in [9.17, 15) is 4.79 Å². The molecular weight excluding hydrogens is 384 g/mol. The third kappa shape index (κ3) is 3.58. The zero-order valence-electron chi connectivity index (χ0n) is 16.5. The molecule has 0 atom stereocenters. The number of carbonyl (C=O) groups excluding carboxylic acids is 1. The van der Waals surface area contributed by atoms with E-state index in [0.29, 0.717) is 12.5 Å². The fourth-order valence-corrected chi connectivity index (χ4v) is 5.50. The maximum absolute atomic E-state index is 13.1. The molecule has 1 amide bonds. The summed E-state index contributed by atoms with van der Waals surface area (Å²) in [6.07, 6.45) is 7.93. The molecule has 8 heteroatoms. The molecule has 3 aromatic heterocycles. The molecule has 0 aliphatic carbocycles. The summed E-state index contributed by atoms with van der Waals surface area (Å²) in [6.45, 7) is 3.48. The number of piperidine rings is 1. The number of amides is 1. The lowest BCUT2D eigenvalue weighted by Gasteiger charge is -2.34. The zero-order chi connectivity index (χ0) is 19.8. The van der Waals surface area contributed by atoms with Crippen LogP contribution in [-0.2, 0) is 17.8 Å². The van der Waals surface area contributed by atoms with E-state index in [1.807, 2.05) is 12.1 Å². The number of rotatable bonds is 3. The Morgan fingerprint density at radius 3 is 2.90 bits per heavy atom. The lowest BCUT2D eigenvalue weighted by Crippen LogP contribution is -2.43. The van der Waals surface area contributed by atoms with Gasteiger partial charge in [-0.25, -0.2) is 9.97 Å². The predicted octanol–water partition coefficient (Wildman–Crippen LogP) is 3.06. The average molecular weight is 409 g/mol. The number of hydrogen-bond acceptors (Lipinski definition) is 7. The molecule has 1 fully saturated rings. The van der Waals surface area contributed by atoms with Crippen LogP contribution in [0.2, 0.25) is 0 Å². The van der Waals surface area contributed by atoms with Gasteiger partial charge < -0.3 is 15.1 Å². The van der Waals surface area contributed by atoms with E-state index in [1.165, 1.54) is 10.4 Å². The Bertz CT molecular complexity index is 1030. The molecule has 5 heterocycles. The van der Waals surface area contributed by atoms with Crippen molar-refractivity contribution in [2.24, 2.45) is 5.92 Å². The number of hydrogen-bond donors (Lipinski definition) is 1. The SMILES string of the molecule is CN1CCC(C(=O)N2CCc3c(sc4ncnc(Nc5cccnc5)c34)C2)CC1. The Morgan fingerprint density at radius 2 is 2.10 bits per heavy atom. The summed E-state index contributed by atoms with van der Waals surface area (Å²) in [7, 11) is 2.13. The normalized spacial score (nSPS) is 18.0. The van der Waals surface area contributed by atoms with Gasteiger partial charge in [0, 0.05) is 23.5 Å². The van der Waals surface area contributed by atoms with Crippen LogP contribution in [0.1, 0.15) is 23.3 Å². The third-order valence-electron chi connectivity index (χ3n) is 5.94. The summed E-state index contributed by atoms with van der Waals surface area (Å²) in [5.74, 6) is 1.31. The fourth-order valence-electron chi connectivity index (χ4n) is 4.30. The first-order valence-corrected chi connectivity index (χ1v) is 10.9. The second kappa shape index (κ2) is 7.68. The molecule has 0 saturated carbocycles. The number of carbonyl (C=O) groups is 1. The molecule has 0 unspecified atom stereocenters. The van der Waals surface area contributed by atoms with E-state index in [2.05, 4.69) is 37.1 Å². The van der Waals surface area contributed by atoms with Crippen molar-refractivity contribution in [3.63, 3.8) is 0 Å². The van der Waals surface area contributed by atoms with Crippen LogP contribution in [0.25, 0.3) is 10.2 Å². The molecule has 150 valence electrons. The van der Waals surface area contributed by atoms with Gasteiger partial charge in [0.1, 0.15) is 17.0 Å². The van der Waals surface area contributed by atoms with Crippen molar-refractivity contribution in [2.45, 2.75) is 25.8 Å². The summed E-state index contributed by atoms with van der Waals surface area (Å²) in [4.78, 5) is 32.8. The van der Waals surface area contributed by atoms with Crippen molar-refractivity contribution in [3.8, 4) is 0 Å². The number of aromatic nitrogens is 3. The first-order chi connectivity index (χ1) is 14.2. The van der Waals surface area contributed by atoms with Crippen molar-refractivity contribution in [1.82, 2.24) is 24.8 Å². The van der Waals surface area contributed by atoms with Crippen LogP contribution in [0.3, 0.4) is 0 Å². The highest BCUT2D eigenvalue weighted by Gasteiger charge is 2.31. The Morgan fingerprint density at radius 1 is 1.24 bits per heavy atom. The lowest BCUT2D eigenvalue weighted by atomic mass is 9.94. The summed E-state index contributed by atoms with van der Waals surface area (Å²) in [5, 5.41) is 4.47. The van der Waals surface area contributed by atoms with Gasteiger partial charge in [-0.1, -0.05) is 0 Å². The number of pyridine rings is 1. The fraction of sp³-hybridized carbons (Fsp3) is 0.429. The van der Waals surface area contributed by atoms with E-state index < -0.39 is 0 Å². The molecule has 1 N–H and O–H groups in total. The summed E-state index contributed by atoms with van der Waals surface area (Å²) in [6, 6.07) is 3.87. The zero-order valence-corrected chi connectivity index (χ0v) is 17.3. The second-order valence-corrected chi connectivity index (χ2v) is 8.94. The minimum Gasteiger partial charge on any atom is -0.338 e. The van der Waals surface area contributed by atoms with E-state index in [0.717, 1.165) is 60.6 Å². The largest absolute Gasteiger partial charge is 0.338 e. The summed E-state index contributed by atoms with van der Waals surface area (Å²) < 4.78 is 0. The van der Waals surface area contributed by atoms with Crippen LogP contribution in [-0.4, -0.2) is 57.3 Å². The van der Waals surface area contributed by atoms with E-state index in [4.69, 9.17) is 0 Å². The molecule has 29 heavy (non-hydrogen) atoms. The smallest absolute Gasteiger partial charge is 0.226 e. The molecule has 5 rings (SSSR count). The molecule has 3 aromatic rings. The Balaban J connectivity index is 1.40. The van der Waals surface area contributed by atoms with E-state index >= 15 is 0 Å². The molecule has 7 nitrogen and oxygen atoms in total. The van der Waals surface area contributed by atoms with Crippen LogP contribution in [0, 0.1) is 5.92 Å². The minimum atomic E-state index is 0.171. The average Bonchev–Trinajstić information content (AvgIpc) is 3.13. The highest BCUT2D eigenvalue weighted by atomic mass is 32.1. The first-order valence-electron chi connectivity index (χ1n) is 10.1. The molecule has 0 bridgehead atoms. The van der Waals surface area contributed by atoms with Gasteiger partial charge in [0.25, 0.3) is 0 Å². The summed E-state index contributed by atoms with van der Waals surface area (Å²) in [5.41, 5.74) is 2.19. The van der Waals surface area contributed by atoms with Gasteiger partial charge in [-0.3, -0.25) is 9.78 Å². The minimum absolute atomic E-state index is 0.171. The summed E-state index contributed by atoms with van der Waals surface area (Å²) >= 11 is 1.68. The lowest BCUT2D eigenvalue weighted by molar-refractivity contribution is -0.137. The van der Waals surface area contributed by atoms with Crippen molar-refractivity contribution in [1.29, 1.82) is 0 Å². The monoisotopic (exact) mass is 408 g/mol. The van der Waals surface area contributed by atoms with Gasteiger partial charge in [0.2, 0.25) is 5.91 Å². The quantitative estimate of drug-likeness (QED) is 0.718. The van der Waals surface area contributed by atoms with Crippen molar-refractivity contribution >= 4 is 39.0 Å². The van der Waals surface area contributed by atoms with Crippen LogP contribution >= 0.6 is 11.3 Å². The molecule has 1 saturated heterocycles. The maximum Gasteiger partial charge on any atom is 0.226 e. The molecular formula is C21H24N6OS. The molecule has 2 aliphatic heterocycles. The topological polar surface area (TPSA) is 74.2 Å². The van der Waals surface area contributed by atoms with Crippen LogP contribution in [0.5, 0.6) is 0 Å². The van der Waals surface area contributed by atoms with Crippen molar-refractivity contribution in [2.75, 3.05) is 32.0 Å².